The molecule has 3 nitrogen and oxygen atoms in total. The highest BCUT2D eigenvalue weighted by atomic mass is 79.9. The van der Waals surface area contributed by atoms with Crippen molar-refractivity contribution in [1.29, 1.82) is 0 Å². The highest BCUT2D eigenvalue weighted by Crippen LogP contribution is 2.36. The first-order valence-corrected chi connectivity index (χ1v) is 8.38. The van der Waals surface area contributed by atoms with Crippen molar-refractivity contribution in [3.05, 3.63) is 28.5 Å². The van der Waals surface area contributed by atoms with Crippen LogP contribution >= 0.6 is 15.9 Å². The molecule has 0 saturated heterocycles. The molecule has 0 radical (unpaired) electrons. The average Bonchev–Trinajstić information content (AvgIpc) is 2.79. The Bertz CT molecular complexity index is 611. The summed E-state index contributed by atoms with van der Waals surface area (Å²) in [7, 11) is 0. The van der Waals surface area contributed by atoms with E-state index in [0.29, 0.717) is 0 Å². The molecule has 3 rings (SSSR count). The number of aryl methyl sites for hydroxylation is 1. The Labute approximate surface area is 128 Å². The van der Waals surface area contributed by atoms with E-state index in [1.165, 1.54) is 24.8 Å². The van der Waals surface area contributed by atoms with Crippen molar-refractivity contribution in [2.24, 2.45) is 5.73 Å². The standard InChI is InChI=1S/C16H22BrN3/c1-2-10-20-14-7-6-12(17)11-13(14)19-15(20)16(18)8-4-3-5-9-16/h6-7,11H,2-5,8-10,18H2,1H3. The lowest BCUT2D eigenvalue weighted by Crippen LogP contribution is -2.41. The SMILES string of the molecule is CCCn1c(C2(N)CCCCC2)nc2cc(Br)ccc21. The number of hydrogen-bond acceptors (Lipinski definition) is 2. The largest absolute Gasteiger partial charge is 0.326 e. The molecule has 0 amide bonds. The molecule has 1 heterocycles. The van der Waals surface area contributed by atoms with Gasteiger partial charge in [0, 0.05) is 11.0 Å². The number of fused-ring (bicyclic) bond motifs is 1. The van der Waals surface area contributed by atoms with Gasteiger partial charge in [-0.05, 0) is 37.5 Å². The van der Waals surface area contributed by atoms with Crippen LogP contribution in [-0.4, -0.2) is 9.55 Å². The van der Waals surface area contributed by atoms with Crippen molar-refractivity contribution in [1.82, 2.24) is 9.55 Å². The molecule has 108 valence electrons. The summed E-state index contributed by atoms with van der Waals surface area (Å²) >= 11 is 3.53. The van der Waals surface area contributed by atoms with Crippen LogP contribution in [0.1, 0.15) is 51.3 Å². The number of halogens is 1. The number of nitrogens with two attached hydrogens (primary N) is 1. The van der Waals surface area contributed by atoms with Gasteiger partial charge in [0.1, 0.15) is 5.82 Å². The zero-order valence-electron chi connectivity index (χ0n) is 12.0. The summed E-state index contributed by atoms with van der Waals surface area (Å²) in [5.41, 5.74) is 8.74. The highest BCUT2D eigenvalue weighted by molar-refractivity contribution is 9.10. The van der Waals surface area contributed by atoms with Gasteiger partial charge >= 0.3 is 0 Å². The second kappa shape index (κ2) is 5.49. The third kappa shape index (κ3) is 2.40. The molecule has 1 aromatic carbocycles. The molecule has 1 aromatic heterocycles. The van der Waals surface area contributed by atoms with E-state index < -0.39 is 0 Å². The van der Waals surface area contributed by atoms with Crippen molar-refractivity contribution >= 4 is 27.0 Å². The Kier molecular flexibility index (Phi) is 3.87. The smallest absolute Gasteiger partial charge is 0.130 e. The maximum absolute atomic E-state index is 6.72. The molecule has 0 unspecified atom stereocenters. The summed E-state index contributed by atoms with van der Waals surface area (Å²) in [6.45, 7) is 3.20. The van der Waals surface area contributed by atoms with Crippen LogP contribution in [0.15, 0.2) is 22.7 Å². The number of benzene rings is 1. The fourth-order valence-corrected chi connectivity index (χ4v) is 3.69. The molecule has 0 bridgehead atoms. The van der Waals surface area contributed by atoms with E-state index in [9.17, 15) is 0 Å². The summed E-state index contributed by atoms with van der Waals surface area (Å²) in [6, 6.07) is 6.33. The van der Waals surface area contributed by atoms with Crippen LogP contribution in [-0.2, 0) is 12.1 Å². The van der Waals surface area contributed by atoms with Crippen LogP contribution in [0, 0.1) is 0 Å². The summed E-state index contributed by atoms with van der Waals surface area (Å²) in [6.07, 6.45) is 6.95. The second-order valence-corrected chi connectivity index (χ2v) is 6.85. The van der Waals surface area contributed by atoms with Gasteiger partial charge in [-0.3, -0.25) is 0 Å². The number of nitrogens with zero attached hydrogens (tertiary/aromatic N) is 2. The van der Waals surface area contributed by atoms with Gasteiger partial charge in [-0.1, -0.05) is 42.1 Å². The van der Waals surface area contributed by atoms with Crippen molar-refractivity contribution in [2.45, 2.75) is 57.5 Å². The summed E-state index contributed by atoms with van der Waals surface area (Å²) in [4.78, 5) is 4.90. The normalized spacial score (nSPS) is 18.6. The van der Waals surface area contributed by atoms with Gasteiger partial charge < -0.3 is 10.3 Å². The lowest BCUT2D eigenvalue weighted by Gasteiger charge is -2.33. The van der Waals surface area contributed by atoms with Crippen molar-refractivity contribution in [3.8, 4) is 0 Å². The summed E-state index contributed by atoms with van der Waals surface area (Å²) < 4.78 is 3.42. The number of rotatable bonds is 3. The topological polar surface area (TPSA) is 43.8 Å². The molecule has 1 aliphatic rings. The highest BCUT2D eigenvalue weighted by Gasteiger charge is 2.34. The van der Waals surface area contributed by atoms with E-state index in [2.05, 4.69) is 45.6 Å². The van der Waals surface area contributed by atoms with Gasteiger partial charge in [-0.2, -0.15) is 0 Å². The van der Waals surface area contributed by atoms with E-state index in [1.54, 1.807) is 0 Å². The minimum absolute atomic E-state index is 0.237. The Morgan fingerprint density at radius 2 is 2.05 bits per heavy atom. The van der Waals surface area contributed by atoms with Crippen molar-refractivity contribution in [3.63, 3.8) is 0 Å². The molecule has 1 aliphatic carbocycles. The molecule has 2 aromatic rings. The first kappa shape index (κ1) is 14.1. The Morgan fingerprint density at radius 1 is 1.30 bits per heavy atom. The van der Waals surface area contributed by atoms with E-state index in [-0.39, 0.29) is 5.54 Å². The zero-order chi connectivity index (χ0) is 14.2. The summed E-state index contributed by atoms with van der Waals surface area (Å²) in [5.74, 6) is 1.09. The maximum atomic E-state index is 6.72. The molecular formula is C16H22BrN3. The lowest BCUT2D eigenvalue weighted by molar-refractivity contribution is 0.278. The Balaban J connectivity index is 2.15. The Morgan fingerprint density at radius 3 is 2.75 bits per heavy atom. The molecule has 4 heteroatoms. The number of aromatic nitrogens is 2. The van der Waals surface area contributed by atoms with Gasteiger partial charge in [-0.25, -0.2) is 4.98 Å². The lowest BCUT2D eigenvalue weighted by atomic mass is 9.82. The molecule has 0 atom stereocenters. The average molecular weight is 336 g/mol. The maximum Gasteiger partial charge on any atom is 0.130 e. The van der Waals surface area contributed by atoms with Crippen LogP contribution in [0.2, 0.25) is 0 Å². The molecule has 1 saturated carbocycles. The van der Waals surface area contributed by atoms with Crippen LogP contribution in [0.4, 0.5) is 0 Å². The van der Waals surface area contributed by atoms with Gasteiger partial charge in [0.2, 0.25) is 0 Å². The quantitative estimate of drug-likeness (QED) is 0.907. The molecule has 1 fully saturated rings. The third-order valence-electron chi connectivity index (χ3n) is 4.35. The Hall–Kier alpha value is -0.870. The van der Waals surface area contributed by atoms with Crippen LogP contribution in [0.3, 0.4) is 0 Å². The molecule has 0 spiro atoms. The van der Waals surface area contributed by atoms with Gasteiger partial charge in [0.05, 0.1) is 16.6 Å². The first-order valence-electron chi connectivity index (χ1n) is 7.59. The van der Waals surface area contributed by atoms with Gasteiger partial charge in [0.25, 0.3) is 0 Å². The van der Waals surface area contributed by atoms with E-state index >= 15 is 0 Å². The third-order valence-corrected chi connectivity index (χ3v) is 4.84. The van der Waals surface area contributed by atoms with Crippen LogP contribution in [0.25, 0.3) is 11.0 Å². The van der Waals surface area contributed by atoms with Crippen molar-refractivity contribution in [2.75, 3.05) is 0 Å². The van der Waals surface area contributed by atoms with Crippen LogP contribution < -0.4 is 5.73 Å². The molecule has 2 N–H and O–H groups in total. The van der Waals surface area contributed by atoms with Crippen LogP contribution in [0.5, 0.6) is 0 Å². The molecular weight excluding hydrogens is 314 g/mol. The van der Waals surface area contributed by atoms with Crippen molar-refractivity contribution < 1.29 is 0 Å². The van der Waals surface area contributed by atoms with Gasteiger partial charge in [-0.15, -0.1) is 0 Å². The number of imidazole rings is 1. The molecule has 20 heavy (non-hydrogen) atoms. The monoisotopic (exact) mass is 335 g/mol. The minimum Gasteiger partial charge on any atom is -0.326 e. The fraction of sp³-hybridized carbons (Fsp3) is 0.562. The predicted octanol–water partition coefficient (Wildman–Crippen LogP) is 4.33. The van der Waals surface area contributed by atoms with E-state index in [0.717, 1.165) is 41.6 Å². The first-order chi connectivity index (χ1) is 9.64. The fourth-order valence-electron chi connectivity index (χ4n) is 3.34. The van der Waals surface area contributed by atoms with Gasteiger partial charge in [0.15, 0.2) is 0 Å². The van der Waals surface area contributed by atoms with E-state index in [1.807, 2.05) is 0 Å². The second-order valence-electron chi connectivity index (χ2n) is 5.94. The summed E-state index contributed by atoms with van der Waals surface area (Å²) in [5, 5.41) is 0. The predicted molar refractivity (Wildman–Crippen MR) is 86.7 cm³/mol. The minimum atomic E-state index is -0.237. The van der Waals surface area contributed by atoms with E-state index in [4.69, 9.17) is 10.7 Å². The zero-order valence-corrected chi connectivity index (χ0v) is 13.6. The molecule has 0 aliphatic heterocycles. The number of hydrogen-bond donors (Lipinski definition) is 1.